The standard InChI is InChI=1S/C16H17N3O3/c1-19-15(20)9-8-13(18-19)16(21)17-10-12-7-6-11-4-2-3-5-14(11)22-12/h2-5,8-9,12H,6-7,10H2,1H3,(H,17,21)/t12-/m1/s1. The number of hydrogen-bond acceptors (Lipinski definition) is 4. The molecule has 0 radical (unpaired) electrons. The normalized spacial score (nSPS) is 16.5. The van der Waals surface area contributed by atoms with Gasteiger partial charge in [0.2, 0.25) is 0 Å². The van der Waals surface area contributed by atoms with E-state index in [-0.39, 0.29) is 23.3 Å². The Morgan fingerprint density at radius 3 is 3.00 bits per heavy atom. The predicted molar refractivity (Wildman–Crippen MR) is 81.0 cm³/mol. The summed E-state index contributed by atoms with van der Waals surface area (Å²) in [6.45, 7) is 0.414. The molecule has 2 heterocycles. The van der Waals surface area contributed by atoms with E-state index >= 15 is 0 Å². The molecule has 1 aromatic heterocycles. The average molecular weight is 299 g/mol. The minimum absolute atomic E-state index is 0.0496. The van der Waals surface area contributed by atoms with Crippen molar-refractivity contribution in [3.63, 3.8) is 0 Å². The molecule has 0 unspecified atom stereocenters. The molecule has 0 aliphatic carbocycles. The molecule has 6 nitrogen and oxygen atoms in total. The van der Waals surface area contributed by atoms with E-state index < -0.39 is 0 Å². The molecule has 0 saturated heterocycles. The number of amides is 1. The van der Waals surface area contributed by atoms with Crippen molar-refractivity contribution in [3.8, 4) is 5.75 Å². The van der Waals surface area contributed by atoms with Crippen LogP contribution in [-0.2, 0) is 13.5 Å². The Labute approximate surface area is 127 Å². The van der Waals surface area contributed by atoms with Crippen molar-refractivity contribution in [2.75, 3.05) is 6.54 Å². The monoisotopic (exact) mass is 299 g/mol. The number of aryl methyl sites for hydroxylation is 2. The van der Waals surface area contributed by atoms with Crippen LogP contribution in [0.25, 0.3) is 0 Å². The first-order chi connectivity index (χ1) is 10.6. The lowest BCUT2D eigenvalue weighted by molar-refractivity contribution is 0.0911. The summed E-state index contributed by atoms with van der Waals surface area (Å²) in [4.78, 5) is 23.3. The number of rotatable bonds is 3. The first-order valence-corrected chi connectivity index (χ1v) is 7.20. The number of aromatic nitrogens is 2. The molecule has 0 saturated carbocycles. The van der Waals surface area contributed by atoms with Crippen molar-refractivity contribution in [1.82, 2.24) is 15.1 Å². The number of para-hydroxylation sites is 1. The van der Waals surface area contributed by atoms with Gasteiger partial charge < -0.3 is 10.1 Å². The molecule has 1 aliphatic rings. The second kappa shape index (κ2) is 6.01. The molecular weight excluding hydrogens is 282 g/mol. The number of benzene rings is 1. The highest BCUT2D eigenvalue weighted by Gasteiger charge is 2.20. The second-order valence-corrected chi connectivity index (χ2v) is 5.28. The van der Waals surface area contributed by atoms with E-state index in [2.05, 4.69) is 16.5 Å². The van der Waals surface area contributed by atoms with Gasteiger partial charge in [0.15, 0.2) is 0 Å². The first kappa shape index (κ1) is 14.3. The minimum Gasteiger partial charge on any atom is -0.488 e. The van der Waals surface area contributed by atoms with E-state index in [0.29, 0.717) is 6.54 Å². The Hall–Kier alpha value is -2.63. The predicted octanol–water partition coefficient (Wildman–Crippen LogP) is 0.904. The smallest absolute Gasteiger partial charge is 0.271 e. The van der Waals surface area contributed by atoms with Crippen LogP contribution in [0.4, 0.5) is 0 Å². The van der Waals surface area contributed by atoms with Crippen LogP contribution in [0.3, 0.4) is 0 Å². The van der Waals surface area contributed by atoms with E-state index in [0.717, 1.165) is 23.3 Å². The number of nitrogens with one attached hydrogen (secondary N) is 1. The molecule has 114 valence electrons. The summed E-state index contributed by atoms with van der Waals surface area (Å²) in [6, 6.07) is 10.7. The molecule has 1 amide bonds. The molecule has 0 fully saturated rings. The largest absolute Gasteiger partial charge is 0.488 e. The number of fused-ring (bicyclic) bond motifs is 1. The quantitative estimate of drug-likeness (QED) is 0.914. The molecule has 3 rings (SSSR count). The Kier molecular flexibility index (Phi) is 3.91. The SMILES string of the molecule is Cn1nc(C(=O)NC[C@H]2CCc3ccccc3O2)ccc1=O. The van der Waals surface area contributed by atoms with Crippen LogP contribution in [-0.4, -0.2) is 28.3 Å². The van der Waals surface area contributed by atoms with Crippen molar-refractivity contribution >= 4 is 5.91 Å². The summed E-state index contributed by atoms with van der Waals surface area (Å²) in [6.07, 6.45) is 1.75. The number of ether oxygens (including phenoxy) is 1. The van der Waals surface area contributed by atoms with Gasteiger partial charge in [0.25, 0.3) is 11.5 Å². The van der Waals surface area contributed by atoms with Crippen molar-refractivity contribution in [2.45, 2.75) is 18.9 Å². The van der Waals surface area contributed by atoms with Gasteiger partial charge >= 0.3 is 0 Å². The molecule has 6 heteroatoms. The average Bonchev–Trinajstić information content (AvgIpc) is 2.55. The van der Waals surface area contributed by atoms with E-state index in [1.165, 1.54) is 24.7 Å². The fourth-order valence-corrected chi connectivity index (χ4v) is 2.44. The van der Waals surface area contributed by atoms with Crippen LogP contribution in [0.1, 0.15) is 22.5 Å². The summed E-state index contributed by atoms with van der Waals surface area (Å²) in [5, 5.41) is 6.73. The van der Waals surface area contributed by atoms with E-state index in [1.807, 2.05) is 18.2 Å². The summed E-state index contributed by atoms with van der Waals surface area (Å²) in [7, 11) is 1.51. The van der Waals surface area contributed by atoms with Crippen LogP contribution in [0.5, 0.6) is 5.75 Å². The zero-order valence-corrected chi connectivity index (χ0v) is 12.3. The number of hydrogen-bond donors (Lipinski definition) is 1. The van der Waals surface area contributed by atoms with Gasteiger partial charge in [-0.25, -0.2) is 4.68 Å². The Bertz CT molecular complexity index is 754. The first-order valence-electron chi connectivity index (χ1n) is 7.20. The molecule has 1 aliphatic heterocycles. The van der Waals surface area contributed by atoms with Gasteiger partial charge in [-0.15, -0.1) is 0 Å². The third-order valence-corrected chi connectivity index (χ3v) is 3.69. The zero-order chi connectivity index (χ0) is 15.5. The zero-order valence-electron chi connectivity index (χ0n) is 12.3. The molecule has 1 aromatic carbocycles. The van der Waals surface area contributed by atoms with Crippen molar-refractivity contribution < 1.29 is 9.53 Å². The number of carbonyl (C=O) groups excluding carboxylic acids is 1. The van der Waals surface area contributed by atoms with E-state index in [9.17, 15) is 9.59 Å². The highest BCUT2D eigenvalue weighted by Crippen LogP contribution is 2.26. The van der Waals surface area contributed by atoms with Gasteiger partial charge in [0.05, 0.1) is 6.54 Å². The van der Waals surface area contributed by atoms with Crippen molar-refractivity contribution in [3.05, 3.63) is 58.0 Å². The Morgan fingerprint density at radius 1 is 1.36 bits per heavy atom. The maximum Gasteiger partial charge on any atom is 0.271 e. The second-order valence-electron chi connectivity index (χ2n) is 5.28. The van der Waals surface area contributed by atoms with Gasteiger partial charge in [0, 0.05) is 13.1 Å². The lowest BCUT2D eigenvalue weighted by Crippen LogP contribution is -2.38. The third kappa shape index (κ3) is 3.00. The highest BCUT2D eigenvalue weighted by molar-refractivity contribution is 5.92. The summed E-state index contributed by atoms with van der Waals surface area (Å²) < 4.78 is 7.01. The van der Waals surface area contributed by atoms with Gasteiger partial charge in [-0.05, 0) is 30.5 Å². The minimum atomic E-state index is -0.307. The highest BCUT2D eigenvalue weighted by atomic mass is 16.5. The fourth-order valence-electron chi connectivity index (χ4n) is 2.44. The fraction of sp³-hybridized carbons (Fsp3) is 0.312. The molecule has 2 aromatic rings. The summed E-state index contributed by atoms with van der Waals surface area (Å²) >= 11 is 0. The lowest BCUT2D eigenvalue weighted by Gasteiger charge is -2.26. The maximum atomic E-state index is 12.1. The molecule has 0 spiro atoms. The maximum absolute atomic E-state index is 12.1. The van der Waals surface area contributed by atoms with Crippen LogP contribution in [0.15, 0.2) is 41.2 Å². The Balaban J connectivity index is 1.60. The summed E-state index contributed by atoms with van der Waals surface area (Å²) in [5.74, 6) is 0.575. The molecule has 0 bridgehead atoms. The van der Waals surface area contributed by atoms with Crippen LogP contribution in [0, 0.1) is 0 Å². The van der Waals surface area contributed by atoms with Crippen LogP contribution >= 0.6 is 0 Å². The van der Waals surface area contributed by atoms with Crippen molar-refractivity contribution in [1.29, 1.82) is 0 Å². The van der Waals surface area contributed by atoms with Crippen molar-refractivity contribution in [2.24, 2.45) is 7.05 Å². The van der Waals surface area contributed by atoms with Gasteiger partial charge in [-0.3, -0.25) is 9.59 Å². The summed E-state index contributed by atoms with van der Waals surface area (Å²) in [5.41, 5.74) is 1.17. The number of nitrogens with zero attached hydrogens (tertiary/aromatic N) is 2. The molecule has 22 heavy (non-hydrogen) atoms. The van der Waals surface area contributed by atoms with Gasteiger partial charge in [-0.2, -0.15) is 5.10 Å². The number of carbonyl (C=O) groups is 1. The van der Waals surface area contributed by atoms with Crippen LogP contribution < -0.4 is 15.6 Å². The molecule has 1 N–H and O–H groups in total. The topological polar surface area (TPSA) is 73.2 Å². The Morgan fingerprint density at radius 2 is 2.18 bits per heavy atom. The van der Waals surface area contributed by atoms with E-state index in [4.69, 9.17) is 4.74 Å². The van der Waals surface area contributed by atoms with Crippen LogP contribution in [0.2, 0.25) is 0 Å². The lowest BCUT2D eigenvalue weighted by atomic mass is 10.0. The molecule has 1 atom stereocenters. The van der Waals surface area contributed by atoms with E-state index in [1.54, 1.807) is 0 Å². The van der Waals surface area contributed by atoms with Gasteiger partial charge in [0.1, 0.15) is 17.5 Å². The van der Waals surface area contributed by atoms with Gasteiger partial charge in [-0.1, -0.05) is 18.2 Å². The molecular formula is C16H17N3O3. The third-order valence-electron chi connectivity index (χ3n) is 3.69.